The highest BCUT2D eigenvalue weighted by Gasteiger charge is 2.52. The summed E-state index contributed by atoms with van der Waals surface area (Å²) < 4.78 is 90.3. The topological polar surface area (TPSA) is 46.6 Å². The van der Waals surface area contributed by atoms with E-state index < -0.39 is 33.5 Å². The normalized spacial score (nSPS) is 43.2. The molecule has 0 amide bonds. The van der Waals surface area contributed by atoms with Crippen molar-refractivity contribution in [3.8, 4) is 0 Å². The van der Waals surface area contributed by atoms with Gasteiger partial charge in [0.15, 0.2) is 0 Å². The van der Waals surface area contributed by atoms with Crippen LogP contribution in [0.2, 0.25) is 0 Å². The molecule has 0 N–H and O–H groups in total. The van der Waals surface area contributed by atoms with Gasteiger partial charge in [-0.1, -0.05) is 6.42 Å². The van der Waals surface area contributed by atoms with Gasteiger partial charge in [0, 0.05) is 23.9 Å². The van der Waals surface area contributed by atoms with Gasteiger partial charge in [-0.25, -0.2) is 12.8 Å². The number of nitrogens with zero attached hydrogens (tertiary/aromatic N) is 1. The molecule has 5 fully saturated rings. The van der Waals surface area contributed by atoms with E-state index in [1.54, 1.807) is 4.31 Å². The molecule has 4 nitrogen and oxygen atoms in total. The zero-order valence-electron chi connectivity index (χ0n) is 20.9. The van der Waals surface area contributed by atoms with Crippen LogP contribution in [0.15, 0.2) is 0 Å². The average molecular weight is 558 g/mol. The second-order valence-corrected chi connectivity index (χ2v) is 14.8. The van der Waals surface area contributed by atoms with Crippen molar-refractivity contribution in [1.29, 1.82) is 0 Å². The number of halogens is 5. The van der Waals surface area contributed by atoms with Crippen LogP contribution >= 0.6 is 11.6 Å². The highest BCUT2D eigenvalue weighted by Crippen LogP contribution is 2.51. The molecule has 36 heavy (non-hydrogen) atoms. The zero-order valence-corrected chi connectivity index (χ0v) is 22.4. The fourth-order valence-corrected chi connectivity index (χ4v) is 10.4. The lowest BCUT2D eigenvalue weighted by molar-refractivity contribution is -0.181. The van der Waals surface area contributed by atoms with Gasteiger partial charge in [-0.2, -0.15) is 17.5 Å². The van der Waals surface area contributed by atoms with Crippen LogP contribution in [-0.4, -0.2) is 61.0 Å². The number of ether oxygens (including phenoxy) is 1. The maximum Gasteiger partial charge on any atom is 0.391 e. The standard InChI is InChI=1S/C26H40ClF4NO3S/c27-22-7-2-8-23(28)21(22)15-35-25-14-24-17(12-20(25)16-9-10-16)4-3-11-32(24)36(33,34)19-6-1-5-18(13-19)26(29,30)31/h16-25H,1-15H2. The minimum absolute atomic E-state index is 0.0128. The fourth-order valence-electron chi connectivity index (χ4n) is 7.64. The van der Waals surface area contributed by atoms with Crippen molar-refractivity contribution in [2.24, 2.45) is 29.6 Å². The molecule has 0 aromatic rings. The molecular weight excluding hydrogens is 518 g/mol. The molecule has 0 aromatic heterocycles. The first-order chi connectivity index (χ1) is 17.1. The van der Waals surface area contributed by atoms with Crippen molar-refractivity contribution in [2.45, 2.75) is 119 Å². The molecule has 9 atom stereocenters. The molecule has 5 aliphatic rings. The number of fused-ring (bicyclic) bond motifs is 1. The summed E-state index contributed by atoms with van der Waals surface area (Å²) in [5.41, 5.74) is 0. The SMILES string of the molecule is O=S(=O)(C1CCCC(C(F)(F)F)C1)N1CCCC2CC(C3CC3)C(OCC3C(F)CCCC3Cl)CC21. The maximum absolute atomic E-state index is 14.6. The molecule has 5 rings (SSSR count). The van der Waals surface area contributed by atoms with Gasteiger partial charge in [0.05, 0.1) is 23.9 Å². The van der Waals surface area contributed by atoms with Crippen LogP contribution in [0.4, 0.5) is 17.6 Å². The number of hydrogen-bond donors (Lipinski definition) is 0. The van der Waals surface area contributed by atoms with Crippen molar-refractivity contribution in [2.75, 3.05) is 13.2 Å². The van der Waals surface area contributed by atoms with Gasteiger partial charge >= 0.3 is 6.18 Å². The van der Waals surface area contributed by atoms with E-state index in [4.69, 9.17) is 16.3 Å². The van der Waals surface area contributed by atoms with Gasteiger partial charge in [-0.15, -0.1) is 11.6 Å². The Bertz CT molecular complexity index is 860. The van der Waals surface area contributed by atoms with Crippen LogP contribution < -0.4 is 0 Å². The Labute approximate surface area is 217 Å². The van der Waals surface area contributed by atoms with Crippen molar-refractivity contribution in [3.05, 3.63) is 0 Å². The highest BCUT2D eigenvalue weighted by molar-refractivity contribution is 7.89. The van der Waals surface area contributed by atoms with Crippen molar-refractivity contribution < 1.29 is 30.7 Å². The quantitative estimate of drug-likeness (QED) is 0.278. The number of rotatable bonds is 6. The Hall–Kier alpha value is -0.120. The summed E-state index contributed by atoms with van der Waals surface area (Å²) in [5, 5.41) is -1.22. The molecule has 10 heteroatoms. The fraction of sp³-hybridized carbons (Fsp3) is 1.00. The van der Waals surface area contributed by atoms with Crippen LogP contribution in [0.3, 0.4) is 0 Å². The van der Waals surface area contributed by atoms with Crippen LogP contribution in [0.5, 0.6) is 0 Å². The van der Waals surface area contributed by atoms with E-state index in [-0.39, 0.29) is 55.2 Å². The van der Waals surface area contributed by atoms with Gasteiger partial charge in [0.2, 0.25) is 10.0 Å². The smallest absolute Gasteiger partial charge is 0.377 e. The Morgan fingerprint density at radius 3 is 2.33 bits per heavy atom. The third-order valence-electron chi connectivity index (χ3n) is 9.85. The van der Waals surface area contributed by atoms with Gasteiger partial charge < -0.3 is 4.74 Å². The molecule has 9 unspecified atom stereocenters. The van der Waals surface area contributed by atoms with Gasteiger partial charge in [-0.3, -0.25) is 0 Å². The summed E-state index contributed by atoms with van der Waals surface area (Å²) in [6, 6.07) is -0.241. The molecule has 1 saturated heterocycles. The Morgan fingerprint density at radius 2 is 1.64 bits per heavy atom. The molecule has 4 saturated carbocycles. The third kappa shape index (κ3) is 5.74. The Morgan fingerprint density at radius 1 is 0.889 bits per heavy atom. The summed E-state index contributed by atoms with van der Waals surface area (Å²) in [5.74, 6) is -0.751. The minimum atomic E-state index is -4.35. The zero-order chi connectivity index (χ0) is 25.7. The van der Waals surface area contributed by atoms with Crippen molar-refractivity contribution >= 4 is 21.6 Å². The molecular formula is C26H40ClF4NO3S. The summed E-state index contributed by atoms with van der Waals surface area (Å²) in [6.07, 6.45) is 2.29. The van der Waals surface area contributed by atoms with Crippen molar-refractivity contribution in [3.63, 3.8) is 0 Å². The van der Waals surface area contributed by atoms with Crippen LogP contribution in [-0.2, 0) is 14.8 Å². The first-order valence-electron chi connectivity index (χ1n) is 14.0. The molecule has 208 valence electrons. The monoisotopic (exact) mass is 557 g/mol. The van der Waals surface area contributed by atoms with Crippen LogP contribution in [0.1, 0.15) is 83.5 Å². The molecule has 0 spiro atoms. The number of alkyl halides is 5. The van der Waals surface area contributed by atoms with E-state index in [0.29, 0.717) is 37.6 Å². The van der Waals surface area contributed by atoms with E-state index >= 15 is 0 Å². The summed E-state index contributed by atoms with van der Waals surface area (Å²) in [7, 11) is -3.85. The molecule has 1 heterocycles. The summed E-state index contributed by atoms with van der Waals surface area (Å²) >= 11 is 6.44. The molecule has 4 aliphatic carbocycles. The predicted octanol–water partition coefficient (Wildman–Crippen LogP) is 6.47. The first-order valence-corrected chi connectivity index (χ1v) is 16.0. The van der Waals surface area contributed by atoms with Crippen molar-refractivity contribution in [1.82, 2.24) is 4.31 Å². The largest absolute Gasteiger partial charge is 0.391 e. The molecule has 0 aromatic carbocycles. The number of piperidine rings is 1. The van der Waals surface area contributed by atoms with E-state index in [1.165, 1.54) is 0 Å². The highest BCUT2D eigenvalue weighted by atomic mass is 35.5. The third-order valence-corrected chi connectivity index (χ3v) is 12.8. The second kappa shape index (κ2) is 10.8. The van der Waals surface area contributed by atoms with E-state index in [1.807, 2.05) is 0 Å². The van der Waals surface area contributed by atoms with E-state index in [9.17, 15) is 26.0 Å². The number of sulfonamides is 1. The molecule has 0 bridgehead atoms. The molecule has 1 aliphatic heterocycles. The first kappa shape index (κ1) is 27.4. The molecule has 0 radical (unpaired) electrons. The lowest BCUT2D eigenvalue weighted by atomic mass is 9.71. The summed E-state index contributed by atoms with van der Waals surface area (Å²) in [4.78, 5) is 0. The minimum Gasteiger partial charge on any atom is -0.377 e. The van der Waals surface area contributed by atoms with Crippen LogP contribution in [0.25, 0.3) is 0 Å². The predicted molar refractivity (Wildman–Crippen MR) is 131 cm³/mol. The Balaban J connectivity index is 1.31. The second-order valence-electron chi connectivity index (χ2n) is 12.1. The summed E-state index contributed by atoms with van der Waals surface area (Å²) in [6.45, 7) is 0.625. The number of hydrogen-bond acceptors (Lipinski definition) is 3. The van der Waals surface area contributed by atoms with Gasteiger partial charge in [0.25, 0.3) is 0 Å². The van der Waals surface area contributed by atoms with Gasteiger partial charge in [0.1, 0.15) is 6.17 Å². The Kier molecular flexibility index (Phi) is 8.24. The van der Waals surface area contributed by atoms with Crippen LogP contribution in [0, 0.1) is 29.6 Å². The van der Waals surface area contributed by atoms with E-state index in [2.05, 4.69) is 0 Å². The van der Waals surface area contributed by atoms with E-state index in [0.717, 1.165) is 44.9 Å². The average Bonchev–Trinajstić information content (AvgIpc) is 3.68. The lowest BCUT2D eigenvalue weighted by Gasteiger charge is -2.49. The maximum atomic E-state index is 14.6. The van der Waals surface area contributed by atoms with Gasteiger partial charge in [-0.05, 0) is 94.8 Å². The lowest BCUT2D eigenvalue weighted by Crippen LogP contribution is -2.57.